The van der Waals surface area contributed by atoms with Crippen LogP contribution < -0.4 is 5.32 Å². The first-order valence-corrected chi connectivity index (χ1v) is 10.8. The molecule has 1 heterocycles. The maximum atomic E-state index is 12.8. The van der Waals surface area contributed by atoms with Crippen molar-refractivity contribution in [2.24, 2.45) is 11.3 Å². The highest BCUT2D eigenvalue weighted by atomic mass is 32.1. The van der Waals surface area contributed by atoms with E-state index in [9.17, 15) is 10.1 Å². The van der Waals surface area contributed by atoms with E-state index in [1.165, 1.54) is 10.4 Å². The molecule has 0 bridgehead atoms. The van der Waals surface area contributed by atoms with Crippen LogP contribution in [0.1, 0.15) is 79.9 Å². The van der Waals surface area contributed by atoms with E-state index in [-0.39, 0.29) is 16.7 Å². The first-order chi connectivity index (χ1) is 13.0. The summed E-state index contributed by atoms with van der Waals surface area (Å²) in [5.41, 5.74) is 3.93. The van der Waals surface area contributed by atoms with Gasteiger partial charge in [0.25, 0.3) is 5.91 Å². The zero-order valence-electron chi connectivity index (χ0n) is 17.8. The van der Waals surface area contributed by atoms with Gasteiger partial charge in [-0.1, -0.05) is 53.7 Å². The number of anilines is 1. The van der Waals surface area contributed by atoms with E-state index in [1.54, 1.807) is 11.3 Å². The molecule has 0 spiro atoms. The first kappa shape index (κ1) is 20.6. The van der Waals surface area contributed by atoms with Gasteiger partial charge in [0.15, 0.2) is 0 Å². The van der Waals surface area contributed by atoms with Crippen molar-refractivity contribution >= 4 is 22.2 Å². The summed E-state index contributed by atoms with van der Waals surface area (Å²) >= 11 is 1.58. The topological polar surface area (TPSA) is 52.9 Å². The SMILES string of the molecule is CC(C)(C)c1ccc(C(=O)Nc2sc3c(c2C#N)CC[C@H](C(C)(C)C)C3)cc1. The van der Waals surface area contributed by atoms with Crippen molar-refractivity contribution in [2.75, 3.05) is 5.32 Å². The molecule has 1 amide bonds. The first-order valence-electron chi connectivity index (χ1n) is 9.97. The molecule has 148 valence electrons. The average Bonchev–Trinajstić information content (AvgIpc) is 2.96. The number of carbonyl (C=O) groups is 1. The maximum Gasteiger partial charge on any atom is 0.256 e. The second kappa shape index (κ2) is 7.37. The summed E-state index contributed by atoms with van der Waals surface area (Å²) in [7, 11) is 0. The minimum Gasteiger partial charge on any atom is -0.312 e. The number of benzene rings is 1. The van der Waals surface area contributed by atoms with E-state index in [2.05, 4.69) is 52.9 Å². The van der Waals surface area contributed by atoms with Gasteiger partial charge in [0.05, 0.1) is 5.56 Å². The molecule has 2 aromatic rings. The van der Waals surface area contributed by atoms with Crippen LogP contribution in [0.5, 0.6) is 0 Å². The Labute approximate surface area is 172 Å². The molecule has 0 fully saturated rings. The summed E-state index contributed by atoms with van der Waals surface area (Å²) in [5.74, 6) is 0.460. The molecule has 1 atom stereocenters. The number of nitrogens with one attached hydrogen (secondary N) is 1. The second-order valence-electron chi connectivity index (χ2n) is 9.91. The molecule has 1 aliphatic rings. The van der Waals surface area contributed by atoms with Gasteiger partial charge in [-0.15, -0.1) is 11.3 Å². The summed E-state index contributed by atoms with van der Waals surface area (Å²) in [4.78, 5) is 14.0. The van der Waals surface area contributed by atoms with Gasteiger partial charge in [0, 0.05) is 10.4 Å². The number of carbonyl (C=O) groups excluding carboxylic acids is 1. The molecule has 1 aliphatic carbocycles. The van der Waals surface area contributed by atoms with Crippen LogP contribution >= 0.6 is 11.3 Å². The van der Waals surface area contributed by atoms with E-state index in [0.717, 1.165) is 24.8 Å². The Bertz CT molecular complexity index is 918. The van der Waals surface area contributed by atoms with E-state index in [1.807, 2.05) is 24.3 Å². The molecule has 0 saturated carbocycles. The Kier molecular flexibility index (Phi) is 5.42. The fraction of sp³-hybridized carbons (Fsp3) is 0.500. The third-order valence-corrected chi connectivity index (χ3v) is 7.01. The number of nitriles is 1. The van der Waals surface area contributed by atoms with Crippen LogP contribution in [0.25, 0.3) is 0 Å². The molecule has 3 rings (SSSR count). The Morgan fingerprint density at radius 2 is 1.79 bits per heavy atom. The monoisotopic (exact) mass is 394 g/mol. The number of hydrogen-bond donors (Lipinski definition) is 1. The van der Waals surface area contributed by atoms with Gasteiger partial charge in [-0.05, 0) is 59.3 Å². The molecule has 3 nitrogen and oxygen atoms in total. The Morgan fingerprint density at radius 3 is 2.32 bits per heavy atom. The molecule has 0 aliphatic heterocycles. The third-order valence-electron chi connectivity index (χ3n) is 5.84. The molecule has 0 unspecified atom stereocenters. The maximum absolute atomic E-state index is 12.8. The number of amides is 1. The average molecular weight is 395 g/mol. The van der Waals surface area contributed by atoms with Crippen molar-refractivity contribution in [2.45, 2.75) is 66.2 Å². The molecule has 1 aromatic heterocycles. The Morgan fingerprint density at radius 1 is 1.14 bits per heavy atom. The number of hydrogen-bond acceptors (Lipinski definition) is 3. The zero-order valence-corrected chi connectivity index (χ0v) is 18.6. The standard InChI is InChI=1S/C24H30N2OS/c1-23(2,3)16-9-7-15(8-10-16)21(27)26-22-19(14-25)18-12-11-17(24(4,5)6)13-20(18)28-22/h7-10,17H,11-13H2,1-6H3,(H,26,27)/t17-/m0/s1. The summed E-state index contributed by atoms with van der Waals surface area (Å²) in [6, 6.07) is 10.1. The Hall–Kier alpha value is -2.12. The van der Waals surface area contributed by atoms with Crippen molar-refractivity contribution in [3.8, 4) is 6.07 Å². The smallest absolute Gasteiger partial charge is 0.256 e. The highest BCUT2D eigenvalue weighted by Crippen LogP contribution is 2.44. The van der Waals surface area contributed by atoms with Gasteiger partial charge >= 0.3 is 0 Å². The molecule has 1 N–H and O–H groups in total. The Balaban J connectivity index is 1.83. The zero-order chi connectivity index (χ0) is 20.7. The molecular weight excluding hydrogens is 364 g/mol. The molecule has 0 saturated heterocycles. The summed E-state index contributed by atoms with van der Waals surface area (Å²) in [6.45, 7) is 13.3. The molecular formula is C24H30N2OS. The highest BCUT2D eigenvalue weighted by molar-refractivity contribution is 7.16. The van der Waals surface area contributed by atoms with E-state index in [0.29, 0.717) is 22.0 Å². The van der Waals surface area contributed by atoms with E-state index in [4.69, 9.17) is 0 Å². The van der Waals surface area contributed by atoms with Crippen LogP contribution in [0, 0.1) is 22.7 Å². The number of rotatable bonds is 2. The number of nitrogens with zero attached hydrogens (tertiary/aromatic N) is 1. The van der Waals surface area contributed by atoms with E-state index >= 15 is 0 Å². The van der Waals surface area contributed by atoms with Crippen LogP contribution in [-0.4, -0.2) is 5.91 Å². The van der Waals surface area contributed by atoms with Gasteiger partial charge in [-0.3, -0.25) is 4.79 Å². The van der Waals surface area contributed by atoms with Crippen LogP contribution in [0.2, 0.25) is 0 Å². The van der Waals surface area contributed by atoms with Crippen LogP contribution in [0.3, 0.4) is 0 Å². The van der Waals surface area contributed by atoms with Crippen molar-refractivity contribution in [3.05, 3.63) is 51.4 Å². The minimum atomic E-state index is -0.150. The van der Waals surface area contributed by atoms with Gasteiger partial charge in [-0.25, -0.2) is 0 Å². The lowest BCUT2D eigenvalue weighted by atomic mass is 9.72. The van der Waals surface area contributed by atoms with Crippen LogP contribution in [0.4, 0.5) is 5.00 Å². The molecule has 28 heavy (non-hydrogen) atoms. The van der Waals surface area contributed by atoms with Gasteiger partial charge in [-0.2, -0.15) is 5.26 Å². The lowest BCUT2D eigenvalue weighted by Crippen LogP contribution is -2.26. The molecule has 4 heteroatoms. The predicted molar refractivity (Wildman–Crippen MR) is 117 cm³/mol. The highest BCUT2D eigenvalue weighted by Gasteiger charge is 2.32. The molecule has 1 aromatic carbocycles. The van der Waals surface area contributed by atoms with E-state index < -0.39 is 0 Å². The summed E-state index contributed by atoms with van der Waals surface area (Å²) < 4.78 is 0. The van der Waals surface area contributed by atoms with Crippen molar-refractivity contribution < 1.29 is 4.79 Å². The number of fused-ring (bicyclic) bond motifs is 1. The lowest BCUT2D eigenvalue weighted by Gasteiger charge is -2.33. The normalized spacial score (nSPS) is 17.0. The van der Waals surface area contributed by atoms with Crippen molar-refractivity contribution in [1.29, 1.82) is 5.26 Å². The largest absolute Gasteiger partial charge is 0.312 e. The third kappa shape index (κ3) is 4.15. The van der Waals surface area contributed by atoms with Crippen molar-refractivity contribution in [3.63, 3.8) is 0 Å². The van der Waals surface area contributed by atoms with Gasteiger partial charge in [0.2, 0.25) is 0 Å². The minimum absolute atomic E-state index is 0.0549. The van der Waals surface area contributed by atoms with Crippen LogP contribution in [0.15, 0.2) is 24.3 Å². The summed E-state index contributed by atoms with van der Waals surface area (Å²) in [6.07, 6.45) is 3.02. The van der Waals surface area contributed by atoms with Gasteiger partial charge in [0.1, 0.15) is 11.1 Å². The fourth-order valence-electron chi connectivity index (χ4n) is 3.83. The molecule has 0 radical (unpaired) electrons. The summed E-state index contributed by atoms with van der Waals surface area (Å²) in [5, 5.41) is 13.4. The predicted octanol–water partition coefficient (Wildman–Crippen LogP) is 6.32. The second-order valence-corrected chi connectivity index (χ2v) is 11.0. The van der Waals surface area contributed by atoms with Crippen LogP contribution in [-0.2, 0) is 18.3 Å². The fourth-order valence-corrected chi connectivity index (χ4v) is 5.10. The lowest BCUT2D eigenvalue weighted by molar-refractivity contribution is 0.102. The quantitative estimate of drug-likeness (QED) is 0.648. The number of thiophene rings is 1. The van der Waals surface area contributed by atoms with Gasteiger partial charge < -0.3 is 5.32 Å². The van der Waals surface area contributed by atoms with Crippen molar-refractivity contribution in [1.82, 2.24) is 0 Å².